The standard InChI is InChI=1S/C23H22N2O3.C23H20N2O.C22H18N2O3.C21H17IN2O.C8H15BO2/c1-4-13-8-16-17(9-15(13)19(27)11-26)23(2,3)22-20(21(16)28)14-6-5-12(10-24)7-18(14)25-22;1-5-14-10-17-18(11-15(14)6-2)23(3,4)22-20(21(17)26)16-8-7-13(12-24)9-19(16)25-22;1-4-12-8-15-16(9-14(12)21(26)27)22(2,3)20-18(19(15)25)13-6-5-11(10-23)7-17(13)24-20;1-4-12-8-14-15(9-16(12)22)21(2,3)20-18(19(14)25)13-6-5-11(10-23)7-17(13)24-20;1-6-9-10-7(2,3)8(4,5)11-9/h5-9,19,25-27H,4,11H2,1-3H3;6-11,25H,2,5H2,1,3-4H3;5-9,24H,4H2,1-3H3,(H,26,27);5-9,24H,4H2,1-3H3;6H,1H2,2-5H3/t19-;;;;/m0..../s1. The van der Waals surface area contributed by atoms with Crippen molar-refractivity contribution in [1.82, 2.24) is 19.9 Å². The number of H-pyrrole nitrogens is 4. The molecular weight excluding hydrogens is 1570 g/mol. The minimum Gasteiger partial charge on any atom is -0.478 e. The van der Waals surface area contributed by atoms with Gasteiger partial charge in [-0.25, -0.2) is 4.79 Å². The summed E-state index contributed by atoms with van der Waals surface area (Å²) in [5.74, 6) is 0.652. The molecule has 8 aromatic carbocycles. The second-order valence-electron chi connectivity index (χ2n) is 33.5. The number of carbonyl (C=O) groups excluding carboxylic acids is 4. The van der Waals surface area contributed by atoms with Crippen LogP contribution in [-0.4, -0.2) is 89.3 Å². The van der Waals surface area contributed by atoms with Gasteiger partial charge in [-0.1, -0.05) is 132 Å². The Morgan fingerprint density at radius 2 is 0.769 bits per heavy atom. The lowest BCUT2D eigenvalue weighted by Gasteiger charge is -2.33. The van der Waals surface area contributed by atoms with Crippen molar-refractivity contribution in [2.24, 2.45) is 0 Å². The fraction of sp³-hybridized carbons (Fsp3) is 0.289. The maximum atomic E-state index is 13.4. The number of aryl methyl sites for hydroxylation is 4. The summed E-state index contributed by atoms with van der Waals surface area (Å²) in [6.07, 6.45) is 3.84. The first kappa shape index (κ1) is 83.1. The van der Waals surface area contributed by atoms with Crippen LogP contribution in [0.15, 0.2) is 140 Å². The van der Waals surface area contributed by atoms with Crippen molar-refractivity contribution >= 4 is 108 Å². The van der Waals surface area contributed by atoms with Gasteiger partial charge in [-0.3, -0.25) is 19.2 Å². The van der Waals surface area contributed by atoms with Gasteiger partial charge in [0.25, 0.3) is 0 Å². The average Bonchev–Trinajstić information content (AvgIpc) is 1.64. The van der Waals surface area contributed by atoms with Crippen LogP contribution in [0.25, 0.3) is 49.7 Å². The van der Waals surface area contributed by atoms with Crippen LogP contribution in [0, 0.1) is 48.9 Å². The summed E-state index contributed by atoms with van der Waals surface area (Å²) in [5.41, 5.74) is 21.7. The van der Waals surface area contributed by atoms with E-state index in [4.69, 9.17) is 19.8 Å². The predicted molar refractivity (Wildman–Crippen MR) is 466 cm³/mol. The Kier molecular flexibility index (Phi) is 21.8. The number of aliphatic hydroxyl groups is 2. The Balaban J connectivity index is 0.000000130. The molecule has 5 heterocycles. The maximum absolute atomic E-state index is 13.4. The van der Waals surface area contributed by atoms with Crippen molar-refractivity contribution in [3.8, 4) is 24.3 Å². The number of benzene rings is 8. The summed E-state index contributed by atoms with van der Waals surface area (Å²) in [6, 6.07) is 45.5. The van der Waals surface area contributed by atoms with Crippen molar-refractivity contribution in [3.63, 3.8) is 0 Å². The number of aromatic carboxylic acids is 1. The lowest BCUT2D eigenvalue weighted by atomic mass is 9.70. The molecule has 0 bridgehead atoms. The largest absolute Gasteiger partial charge is 0.486 e. The number of carboxylic acids is 1. The zero-order valence-corrected chi connectivity index (χ0v) is 70.8. The quantitative estimate of drug-likeness (QED) is 0.0522. The third-order valence-corrected chi connectivity index (χ3v) is 25.8. The Hall–Kier alpha value is -11.9. The first-order valence-corrected chi connectivity index (χ1v) is 40.3. The number of rotatable bonds is 9. The minimum atomic E-state index is -0.987. The van der Waals surface area contributed by atoms with E-state index < -0.39 is 22.9 Å². The summed E-state index contributed by atoms with van der Waals surface area (Å²) in [7, 11) is -0.250. The fourth-order valence-electron chi connectivity index (χ4n) is 17.3. The highest BCUT2D eigenvalue weighted by Gasteiger charge is 2.50. The number of aliphatic hydroxyl groups excluding tert-OH is 2. The Labute approximate surface area is 694 Å². The summed E-state index contributed by atoms with van der Waals surface area (Å²) in [4.78, 5) is 78.7. The zero-order valence-electron chi connectivity index (χ0n) is 68.7. The van der Waals surface area contributed by atoms with Crippen molar-refractivity contribution in [2.75, 3.05) is 6.61 Å². The molecule has 17 rings (SSSR count). The molecule has 12 aromatic rings. The third kappa shape index (κ3) is 13.7. The van der Waals surface area contributed by atoms with Gasteiger partial charge in [0.1, 0.15) is 6.10 Å². The number of carbonyl (C=O) groups is 5. The smallest absolute Gasteiger partial charge is 0.478 e. The number of ketones is 4. The number of aromatic nitrogens is 4. The van der Waals surface area contributed by atoms with E-state index in [1.54, 1.807) is 60.6 Å². The second-order valence-corrected chi connectivity index (χ2v) is 34.7. The van der Waals surface area contributed by atoms with Gasteiger partial charge in [0, 0.05) is 114 Å². The predicted octanol–water partition coefficient (Wildman–Crippen LogP) is 19.7. The normalized spacial score (nSPS) is 16.1. The molecule has 1 fully saturated rings. The summed E-state index contributed by atoms with van der Waals surface area (Å²) in [6.45, 7) is 40.0. The molecule has 7 N–H and O–H groups in total. The average molecular weight is 1670 g/mol. The number of nitriles is 4. The number of carboxylic acid groups (broad SMARTS) is 1. The number of nitrogens with zero attached hydrogens (tertiary/aromatic N) is 4. The fourth-order valence-corrected chi connectivity index (χ4v) is 18.2. The van der Waals surface area contributed by atoms with Gasteiger partial charge in [0.05, 0.1) is 92.2 Å². The molecule has 117 heavy (non-hydrogen) atoms. The number of fused-ring (bicyclic) bond motifs is 16. The van der Waals surface area contributed by atoms with E-state index in [-0.39, 0.29) is 64.5 Å². The first-order chi connectivity index (χ1) is 55.3. The second kappa shape index (κ2) is 30.6. The third-order valence-electron chi connectivity index (χ3n) is 24.7. The summed E-state index contributed by atoms with van der Waals surface area (Å²) >= 11 is 2.36. The van der Waals surface area contributed by atoms with Gasteiger partial charge in [-0.05, 0) is 223 Å². The van der Waals surface area contributed by atoms with Crippen LogP contribution < -0.4 is 0 Å². The maximum Gasteiger partial charge on any atom is 0.486 e. The zero-order chi connectivity index (χ0) is 85.0. The molecule has 0 amide bonds. The van der Waals surface area contributed by atoms with Crippen molar-refractivity contribution in [1.29, 1.82) is 21.0 Å². The van der Waals surface area contributed by atoms with Gasteiger partial charge in [0.15, 0.2) is 23.1 Å². The van der Waals surface area contributed by atoms with Crippen molar-refractivity contribution in [2.45, 2.75) is 175 Å². The van der Waals surface area contributed by atoms with Crippen LogP contribution in [-0.2, 0) is 56.7 Å². The minimum absolute atomic E-state index is 0.0515. The molecule has 1 atom stereocenters. The van der Waals surface area contributed by atoms with Crippen LogP contribution in [0.2, 0.25) is 0 Å². The lowest BCUT2D eigenvalue weighted by molar-refractivity contribution is 0.00578. The van der Waals surface area contributed by atoms with E-state index in [2.05, 4.69) is 140 Å². The van der Waals surface area contributed by atoms with E-state index in [1.807, 2.05) is 124 Å². The van der Waals surface area contributed by atoms with Crippen LogP contribution in [0.5, 0.6) is 0 Å². The van der Waals surface area contributed by atoms with Gasteiger partial charge in [-0.2, -0.15) is 21.0 Å². The molecule has 20 heteroatoms. The highest BCUT2D eigenvalue weighted by molar-refractivity contribution is 14.1. The van der Waals surface area contributed by atoms with Crippen LogP contribution in [0.4, 0.5) is 0 Å². The highest BCUT2D eigenvalue weighted by Crippen LogP contribution is 2.50. The summed E-state index contributed by atoms with van der Waals surface area (Å²) in [5, 5.41) is 69.3. The number of hydrogen-bond acceptors (Lipinski definition) is 13. The van der Waals surface area contributed by atoms with Crippen LogP contribution in [0.3, 0.4) is 0 Å². The monoisotopic (exact) mass is 1670 g/mol. The Bertz CT molecular complexity index is 6460. The number of aromatic amines is 4. The molecule has 5 aliphatic rings. The SMILES string of the molecule is C=CB1OC(C)(C)C(C)(C)O1.C=Cc1cc2c(cc1CC)C(=O)c1c([nH]c3cc(C#N)ccc13)C2(C)C.CCc1cc2c(cc1C(=O)O)C(C)(C)c1[nH]c3cc(C#N)ccc3c1C2=O.CCc1cc2c(cc1I)C(C)(C)c1[nH]c3cc(C#N)ccc3c1C2=O.CCc1cc2c(cc1[C@@H](O)CO)C(C)(C)c1[nH]c3cc(C#N)ccc3c1C2=O. The molecule has 0 radical (unpaired) electrons. The molecule has 0 spiro atoms. The molecule has 4 aliphatic carbocycles. The topological polar surface area (TPSA) is 323 Å². The number of nitrogens with one attached hydrogen (secondary N) is 4. The van der Waals surface area contributed by atoms with E-state index in [0.717, 1.165) is 135 Å². The molecule has 1 saturated heterocycles. The summed E-state index contributed by atoms with van der Waals surface area (Å²) < 4.78 is 12.3. The molecule has 0 saturated carbocycles. The van der Waals surface area contributed by atoms with Crippen molar-refractivity contribution in [3.05, 3.63) is 295 Å². The van der Waals surface area contributed by atoms with E-state index >= 15 is 0 Å². The molecular formula is C97H92BIN8O10. The van der Waals surface area contributed by atoms with Crippen LogP contribution in [0.1, 0.15) is 292 Å². The molecule has 18 nitrogen and oxygen atoms in total. The molecule has 1 aliphatic heterocycles. The van der Waals surface area contributed by atoms with E-state index in [1.165, 1.54) is 9.13 Å². The first-order valence-electron chi connectivity index (χ1n) is 39.2. The Morgan fingerprint density at radius 3 is 1.07 bits per heavy atom. The highest BCUT2D eigenvalue weighted by atomic mass is 127. The molecule has 4 aromatic heterocycles. The van der Waals surface area contributed by atoms with Gasteiger partial charge >= 0.3 is 13.1 Å². The molecule has 0 unspecified atom stereocenters. The van der Waals surface area contributed by atoms with Gasteiger partial charge < -0.3 is 44.6 Å². The van der Waals surface area contributed by atoms with E-state index in [9.17, 15) is 49.8 Å². The van der Waals surface area contributed by atoms with Crippen molar-refractivity contribution < 1.29 is 48.6 Å². The number of hydrogen-bond donors (Lipinski definition) is 7. The van der Waals surface area contributed by atoms with Gasteiger partial charge in [-0.15, -0.1) is 6.58 Å². The van der Waals surface area contributed by atoms with Crippen LogP contribution >= 0.6 is 22.6 Å². The van der Waals surface area contributed by atoms with E-state index in [0.29, 0.717) is 74.0 Å². The molecule has 590 valence electrons. The number of halogens is 1. The lowest BCUT2D eigenvalue weighted by Crippen LogP contribution is -2.41. The van der Waals surface area contributed by atoms with Gasteiger partial charge in [0.2, 0.25) is 0 Å². The Morgan fingerprint density at radius 1 is 0.462 bits per heavy atom.